The molecule has 0 rings (SSSR count). The maximum absolute atomic E-state index is 10.7. The number of carbonyl (C=O) groups excluding carboxylic acids is 2. The van der Waals surface area contributed by atoms with E-state index in [2.05, 4.69) is 0 Å². The van der Waals surface area contributed by atoms with Crippen molar-refractivity contribution in [3.63, 3.8) is 0 Å². The second-order valence-corrected chi connectivity index (χ2v) is 2.51. The zero-order valence-electron chi connectivity index (χ0n) is 7.00. The van der Waals surface area contributed by atoms with E-state index in [9.17, 15) is 14.4 Å². The van der Waals surface area contributed by atoms with Crippen LogP contribution in [0.1, 0.15) is 32.6 Å². The van der Waals surface area contributed by atoms with Gasteiger partial charge in [-0.05, 0) is 6.42 Å². The Kier molecular flexibility index (Phi) is 4.92. The van der Waals surface area contributed by atoms with Crippen LogP contribution in [0.4, 0.5) is 0 Å². The summed E-state index contributed by atoms with van der Waals surface area (Å²) in [4.78, 5) is 31.2. The third-order valence-electron chi connectivity index (χ3n) is 1.45. The normalized spacial score (nSPS) is 9.42. The standard InChI is InChI=1S/C8H12O4/c1-2-3-4-5-6(9)7(10)8(11)12/h2-5H2,1H3,(H,11,12). The second-order valence-electron chi connectivity index (χ2n) is 2.51. The van der Waals surface area contributed by atoms with E-state index in [0.29, 0.717) is 6.42 Å². The number of carboxylic acid groups (broad SMARTS) is 1. The lowest BCUT2D eigenvalue weighted by atomic mass is 10.1. The molecule has 0 fully saturated rings. The largest absolute Gasteiger partial charge is 0.475 e. The molecule has 0 aliphatic carbocycles. The van der Waals surface area contributed by atoms with Crippen LogP contribution in [0, 0.1) is 0 Å². The second kappa shape index (κ2) is 5.46. The molecule has 12 heavy (non-hydrogen) atoms. The topological polar surface area (TPSA) is 71.4 Å². The molecule has 0 amide bonds. The molecule has 0 aromatic heterocycles. The van der Waals surface area contributed by atoms with Gasteiger partial charge in [-0.15, -0.1) is 0 Å². The predicted octanol–water partition coefficient (Wildman–Crippen LogP) is 0.789. The van der Waals surface area contributed by atoms with E-state index in [4.69, 9.17) is 5.11 Å². The quantitative estimate of drug-likeness (QED) is 0.365. The van der Waals surface area contributed by atoms with Gasteiger partial charge in [-0.2, -0.15) is 0 Å². The molecule has 4 nitrogen and oxygen atoms in total. The van der Waals surface area contributed by atoms with Gasteiger partial charge in [0.25, 0.3) is 0 Å². The number of rotatable bonds is 6. The molecule has 1 N–H and O–H groups in total. The molecule has 0 aromatic rings. The van der Waals surface area contributed by atoms with Gasteiger partial charge in [0.1, 0.15) is 0 Å². The summed E-state index contributed by atoms with van der Waals surface area (Å²) < 4.78 is 0. The number of ketones is 2. The van der Waals surface area contributed by atoms with Gasteiger partial charge < -0.3 is 5.11 Å². The summed E-state index contributed by atoms with van der Waals surface area (Å²) in [5.74, 6) is -3.75. The zero-order chi connectivity index (χ0) is 9.56. The van der Waals surface area contributed by atoms with Crippen LogP contribution in [0.3, 0.4) is 0 Å². The van der Waals surface area contributed by atoms with Crippen LogP contribution in [0.5, 0.6) is 0 Å². The fourth-order valence-corrected chi connectivity index (χ4v) is 0.768. The summed E-state index contributed by atoms with van der Waals surface area (Å²) in [6.07, 6.45) is 2.43. The number of hydrogen-bond acceptors (Lipinski definition) is 3. The Morgan fingerprint density at radius 3 is 2.17 bits per heavy atom. The molecule has 0 atom stereocenters. The highest BCUT2D eigenvalue weighted by molar-refractivity contribution is 6.61. The first-order chi connectivity index (χ1) is 5.59. The molecule has 0 saturated heterocycles. The first-order valence-corrected chi connectivity index (χ1v) is 3.90. The average Bonchev–Trinajstić information content (AvgIpc) is 2.03. The smallest absolute Gasteiger partial charge is 0.380 e. The van der Waals surface area contributed by atoms with Crippen molar-refractivity contribution in [3.05, 3.63) is 0 Å². The van der Waals surface area contributed by atoms with Crippen molar-refractivity contribution in [1.82, 2.24) is 0 Å². The van der Waals surface area contributed by atoms with E-state index in [1.54, 1.807) is 0 Å². The molecule has 68 valence electrons. The van der Waals surface area contributed by atoms with Crippen LogP contribution in [0.15, 0.2) is 0 Å². The lowest BCUT2D eigenvalue weighted by Crippen LogP contribution is -2.22. The molecule has 0 heterocycles. The Morgan fingerprint density at radius 2 is 1.75 bits per heavy atom. The van der Waals surface area contributed by atoms with Gasteiger partial charge >= 0.3 is 11.8 Å². The van der Waals surface area contributed by atoms with E-state index in [0.717, 1.165) is 12.8 Å². The molecular weight excluding hydrogens is 160 g/mol. The summed E-state index contributed by atoms with van der Waals surface area (Å²) >= 11 is 0. The first-order valence-electron chi connectivity index (χ1n) is 3.90. The van der Waals surface area contributed by atoms with Crippen LogP contribution >= 0.6 is 0 Å². The number of unbranched alkanes of at least 4 members (excludes halogenated alkanes) is 2. The van der Waals surface area contributed by atoms with Gasteiger partial charge in [0.05, 0.1) is 0 Å². The lowest BCUT2D eigenvalue weighted by molar-refractivity contribution is -0.152. The fraction of sp³-hybridized carbons (Fsp3) is 0.625. The van der Waals surface area contributed by atoms with Crippen LogP contribution in [0.2, 0.25) is 0 Å². The van der Waals surface area contributed by atoms with Crippen molar-refractivity contribution in [2.75, 3.05) is 0 Å². The predicted molar refractivity (Wildman–Crippen MR) is 41.8 cm³/mol. The monoisotopic (exact) mass is 172 g/mol. The maximum Gasteiger partial charge on any atom is 0.380 e. The molecule has 0 unspecified atom stereocenters. The van der Waals surface area contributed by atoms with Crippen LogP contribution in [0.25, 0.3) is 0 Å². The van der Waals surface area contributed by atoms with Gasteiger partial charge in [-0.25, -0.2) is 4.79 Å². The Morgan fingerprint density at radius 1 is 1.17 bits per heavy atom. The Hall–Kier alpha value is -1.19. The number of aliphatic carboxylic acids is 1. The zero-order valence-corrected chi connectivity index (χ0v) is 7.00. The number of carbonyl (C=O) groups is 3. The third-order valence-corrected chi connectivity index (χ3v) is 1.45. The van der Waals surface area contributed by atoms with Crippen LogP contribution in [-0.2, 0) is 14.4 Å². The Balaban J connectivity index is 3.73. The SMILES string of the molecule is CCCCCC(=O)C(=O)C(=O)O. The molecule has 0 aliphatic heterocycles. The van der Waals surface area contributed by atoms with E-state index in [1.165, 1.54) is 0 Å². The van der Waals surface area contributed by atoms with Crippen molar-refractivity contribution in [1.29, 1.82) is 0 Å². The highest BCUT2D eigenvalue weighted by Crippen LogP contribution is 2.00. The van der Waals surface area contributed by atoms with Crippen LogP contribution in [-0.4, -0.2) is 22.6 Å². The van der Waals surface area contributed by atoms with Crippen molar-refractivity contribution in [2.24, 2.45) is 0 Å². The van der Waals surface area contributed by atoms with E-state index < -0.39 is 17.5 Å². The minimum Gasteiger partial charge on any atom is -0.475 e. The maximum atomic E-state index is 10.7. The highest BCUT2D eigenvalue weighted by atomic mass is 16.4. The summed E-state index contributed by atoms with van der Waals surface area (Å²) in [5, 5.41) is 8.14. The first kappa shape index (κ1) is 10.8. The van der Waals surface area contributed by atoms with E-state index in [1.807, 2.05) is 6.92 Å². The number of Topliss-reactive ketones (excluding diaryl/α,β-unsaturated/α-hetero) is 2. The average molecular weight is 172 g/mol. The molecule has 0 aromatic carbocycles. The summed E-state index contributed by atoms with van der Waals surface area (Å²) in [7, 11) is 0. The van der Waals surface area contributed by atoms with Crippen molar-refractivity contribution >= 4 is 17.5 Å². The van der Waals surface area contributed by atoms with Gasteiger partial charge in [-0.1, -0.05) is 19.8 Å². The van der Waals surface area contributed by atoms with Crippen molar-refractivity contribution in [2.45, 2.75) is 32.6 Å². The van der Waals surface area contributed by atoms with Crippen molar-refractivity contribution in [3.8, 4) is 0 Å². The fourth-order valence-electron chi connectivity index (χ4n) is 0.768. The van der Waals surface area contributed by atoms with Crippen LogP contribution < -0.4 is 0 Å². The summed E-state index contributed by atoms with van der Waals surface area (Å²) in [5.41, 5.74) is 0. The van der Waals surface area contributed by atoms with Gasteiger partial charge in [0.15, 0.2) is 0 Å². The number of carboxylic acids is 1. The lowest BCUT2D eigenvalue weighted by Gasteiger charge is -1.94. The minimum atomic E-state index is -1.66. The van der Waals surface area contributed by atoms with Gasteiger partial charge in [0.2, 0.25) is 5.78 Å². The molecule has 0 bridgehead atoms. The summed E-state index contributed by atoms with van der Waals surface area (Å²) in [6.45, 7) is 1.96. The molecule has 0 aliphatic rings. The van der Waals surface area contributed by atoms with Crippen molar-refractivity contribution < 1.29 is 19.5 Å². The third kappa shape index (κ3) is 3.85. The van der Waals surface area contributed by atoms with Gasteiger partial charge in [-0.3, -0.25) is 9.59 Å². The van der Waals surface area contributed by atoms with E-state index >= 15 is 0 Å². The Labute approximate surface area is 70.6 Å². The molecular formula is C8H12O4. The van der Waals surface area contributed by atoms with Gasteiger partial charge in [0, 0.05) is 6.42 Å². The molecule has 0 saturated carbocycles. The van der Waals surface area contributed by atoms with E-state index in [-0.39, 0.29) is 6.42 Å². The molecule has 0 radical (unpaired) electrons. The summed E-state index contributed by atoms with van der Waals surface area (Å²) in [6, 6.07) is 0. The number of hydrogen-bond donors (Lipinski definition) is 1. The highest BCUT2D eigenvalue weighted by Gasteiger charge is 2.20. The minimum absolute atomic E-state index is 0.0545. The molecule has 0 spiro atoms. The Bertz CT molecular complexity index is 195. The molecule has 4 heteroatoms.